The summed E-state index contributed by atoms with van der Waals surface area (Å²) in [4.78, 5) is 14.0. The third-order valence-electron chi connectivity index (χ3n) is 4.72. The Balaban J connectivity index is 1.92. The highest BCUT2D eigenvalue weighted by molar-refractivity contribution is 5.71. The van der Waals surface area contributed by atoms with Crippen LogP contribution in [0.1, 0.15) is 25.0 Å². The molecule has 0 saturated carbocycles. The van der Waals surface area contributed by atoms with Gasteiger partial charge in [-0.25, -0.2) is 4.79 Å². The maximum absolute atomic E-state index is 10.4. The lowest BCUT2D eigenvalue weighted by atomic mass is 9.78. The van der Waals surface area contributed by atoms with E-state index in [2.05, 4.69) is 31.0 Å². The molecule has 0 aliphatic carbocycles. The summed E-state index contributed by atoms with van der Waals surface area (Å²) in [6.45, 7) is 4.29. The van der Waals surface area contributed by atoms with Gasteiger partial charge in [0, 0.05) is 11.0 Å². The SMILES string of the molecule is CC(C)(c1ccc(N=C=O)cc1)c1ccc(-c2ccccc2OC#N)cc1. The van der Waals surface area contributed by atoms with Gasteiger partial charge in [0.1, 0.15) is 5.75 Å². The van der Waals surface area contributed by atoms with E-state index in [0.29, 0.717) is 11.4 Å². The van der Waals surface area contributed by atoms with Crippen molar-refractivity contribution < 1.29 is 9.53 Å². The topological polar surface area (TPSA) is 62.4 Å². The number of rotatable bonds is 5. The molecule has 0 amide bonds. The van der Waals surface area contributed by atoms with E-state index >= 15 is 0 Å². The maximum Gasteiger partial charge on any atom is 0.292 e. The number of nitriles is 1. The van der Waals surface area contributed by atoms with E-state index in [4.69, 9.17) is 10.00 Å². The minimum atomic E-state index is -0.218. The minimum Gasteiger partial charge on any atom is -0.387 e. The first-order valence-corrected chi connectivity index (χ1v) is 8.50. The van der Waals surface area contributed by atoms with Crippen LogP contribution >= 0.6 is 0 Å². The predicted octanol–water partition coefficient (Wildman–Crippen LogP) is 5.51. The molecular formula is C23H18N2O2. The summed E-state index contributed by atoms with van der Waals surface area (Å²) < 4.78 is 5.06. The van der Waals surface area contributed by atoms with E-state index in [-0.39, 0.29) is 5.41 Å². The Hall–Kier alpha value is -3.67. The standard InChI is InChI=1S/C23H18N2O2/c1-23(2,19-11-13-20(14-12-19)25-16-26)18-9-7-17(8-10-18)21-5-3-4-6-22(21)27-15-24/h3-14H,1-2H3. The van der Waals surface area contributed by atoms with Gasteiger partial charge in [0.05, 0.1) is 5.69 Å². The van der Waals surface area contributed by atoms with E-state index in [1.54, 1.807) is 18.4 Å². The number of aliphatic imine (C=N–C) groups is 1. The van der Waals surface area contributed by atoms with Gasteiger partial charge in [-0.05, 0) is 34.9 Å². The summed E-state index contributed by atoms with van der Waals surface area (Å²) in [6, 6.07) is 23.2. The third-order valence-corrected chi connectivity index (χ3v) is 4.72. The molecule has 4 heteroatoms. The number of ether oxygens (including phenoxy) is 1. The Morgan fingerprint density at radius 1 is 0.889 bits per heavy atom. The largest absolute Gasteiger partial charge is 0.387 e. The molecular weight excluding hydrogens is 336 g/mol. The molecule has 0 fully saturated rings. The average Bonchev–Trinajstić information content (AvgIpc) is 2.69. The Morgan fingerprint density at radius 2 is 1.48 bits per heavy atom. The van der Waals surface area contributed by atoms with Crippen molar-refractivity contribution in [1.82, 2.24) is 0 Å². The fraction of sp³-hybridized carbons (Fsp3) is 0.130. The van der Waals surface area contributed by atoms with E-state index in [1.165, 1.54) is 0 Å². The number of benzene rings is 3. The molecule has 3 rings (SSSR count). The zero-order valence-electron chi connectivity index (χ0n) is 15.1. The molecule has 3 aromatic carbocycles. The lowest BCUT2D eigenvalue weighted by Crippen LogP contribution is -2.18. The van der Waals surface area contributed by atoms with Crippen LogP contribution in [-0.4, -0.2) is 6.08 Å². The van der Waals surface area contributed by atoms with Gasteiger partial charge in [-0.3, -0.25) is 0 Å². The molecule has 0 aliphatic heterocycles. The molecule has 132 valence electrons. The number of nitrogens with zero attached hydrogens (tertiary/aromatic N) is 2. The summed E-state index contributed by atoms with van der Waals surface area (Å²) in [6.07, 6.45) is 3.29. The minimum absolute atomic E-state index is 0.218. The highest BCUT2D eigenvalue weighted by Gasteiger charge is 2.23. The van der Waals surface area contributed by atoms with E-state index in [1.807, 2.05) is 54.6 Å². The number of para-hydroxylation sites is 1. The average molecular weight is 354 g/mol. The number of hydrogen-bond donors (Lipinski definition) is 0. The molecule has 0 unspecified atom stereocenters. The lowest BCUT2D eigenvalue weighted by Gasteiger charge is -2.26. The van der Waals surface area contributed by atoms with Gasteiger partial charge in [-0.2, -0.15) is 4.99 Å². The summed E-state index contributed by atoms with van der Waals surface area (Å²) in [5.74, 6) is 0.540. The fourth-order valence-electron chi connectivity index (χ4n) is 3.08. The Morgan fingerprint density at radius 3 is 2.07 bits per heavy atom. The quantitative estimate of drug-likeness (QED) is 0.345. The van der Waals surface area contributed by atoms with Crippen LogP contribution < -0.4 is 4.74 Å². The van der Waals surface area contributed by atoms with Crippen LogP contribution in [0.25, 0.3) is 11.1 Å². The first-order valence-electron chi connectivity index (χ1n) is 8.50. The zero-order valence-corrected chi connectivity index (χ0v) is 15.1. The van der Waals surface area contributed by atoms with Crippen LogP contribution in [0.4, 0.5) is 5.69 Å². The van der Waals surface area contributed by atoms with Crippen molar-refractivity contribution in [3.05, 3.63) is 83.9 Å². The molecule has 0 radical (unpaired) electrons. The summed E-state index contributed by atoms with van der Waals surface area (Å²) >= 11 is 0. The molecule has 0 spiro atoms. The van der Waals surface area contributed by atoms with Gasteiger partial charge in [-0.1, -0.05) is 68.4 Å². The molecule has 4 nitrogen and oxygen atoms in total. The van der Waals surface area contributed by atoms with Crippen molar-refractivity contribution >= 4 is 11.8 Å². The molecule has 0 heterocycles. The Labute approximate surface area is 158 Å². The second-order valence-electron chi connectivity index (χ2n) is 6.64. The monoisotopic (exact) mass is 354 g/mol. The van der Waals surface area contributed by atoms with Gasteiger partial charge in [0.2, 0.25) is 6.08 Å². The van der Waals surface area contributed by atoms with Crippen LogP contribution in [-0.2, 0) is 10.2 Å². The molecule has 0 aromatic heterocycles. The van der Waals surface area contributed by atoms with Gasteiger partial charge in [-0.15, -0.1) is 5.26 Å². The van der Waals surface area contributed by atoms with Crippen molar-refractivity contribution in [2.45, 2.75) is 19.3 Å². The van der Waals surface area contributed by atoms with Crippen molar-refractivity contribution in [2.75, 3.05) is 0 Å². The summed E-state index contributed by atoms with van der Waals surface area (Å²) in [5, 5.41) is 8.82. The normalized spacial score (nSPS) is 10.6. The van der Waals surface area contributed by atoms with Crippen LogP contribution in [0.5, 0.6) is 5.75 Å². The molecule has 27 heavy (non-hydrogen) atoms. The van der Waals surface area contributed by atoms with Crippen LogP contribution in [0.15, 0.2) is 77.8 Å². The van der Waals surface area contributed by atoms with Crippen molar-refractivity contribution in [3.63, 3.8) is 0 Å². The second kappa shape index (κ2) is 7.70. The number of isocyanates is 1. The van der Waals surface area contributed by atoms with E-state index in [0.717, 1.165) is 22.3 Å². The highest BCUT2D eigenvalue weighted by Crippen LogP contribution is 2.35. The maximum atomic E-state index is 10.4. The van der Waals surface area contributed by atoms with E-state index in [9.17, 15) is 4.79 Å². The summed E-state index contributed by atoms with van der Waals surface area (Å²) in [7, 11) is 0. The first kappa shape index (κ1) is 18.1. The van der Waals surface area contributed by atoms with Crippen LogP contribution in [0.2, 0.25) is 0 Å². The van der Waals surface area contributed by atoms with Gasteiger partial charge in [0.15, 0.2) is 0 Å². The fourth-order valence-corrected chi connectivity index (χ4v) is 3.08. The second-order valence-corrected chi connectivity index (χ2v) is 6.64. The van der Waals surface area contributed by atoms with Crippen molar-refractivity contribution in [1.29, 1.82) is 5.26 Å². The van der Waals surface area contributed by atoms with Gasteiger partial charge in [0.25, 0.3) is 6.26 Å². The predicted molar refractivity (Wildman–Crippen MR) is 104 cm³/mol. The molecule has 0 saturated heterocycles. The Bertz CT molecular complexity index is 1020. The number of hydrogen-bond acceptors (Lipinski definition) is 4. The molecule has 0 aliphatic rings. The number of carbonyl (C=O) groups excluding carboxylic acids is 1. The highest BCUT2D eigenvalue weighted by atomic mass is 16.5. The van der Waals surface area contributed by atoms with Crippen molar-refractivity contribution in [3.8, 4) is 23.1 Å². The Kier molecular flexibility index (Phi) is 5.17. The first-order chi connectivity index (χ1) is 13.1. The molecule has 0 bridgehead atoms. The molecule has 0 atom stereocenters. The molecule has 3 aromatic rings. The van der Waals surface area contributed by atoms with Gasteiger partial charge >= 0.3 is 0 Å². The van der Waals surface area contributed by atoms with Crippen molar-refractivity contribution in [2.24, 2.45) is 4.99 Å². The third kappa shape index (κ3) is 3.79. The van der Waals surface area contributed by atoms with Crippen LogP contribution in [0.3, 0.4) is 0 Å². The zero-order chi connectivity index (χ0) is 19.3. The smallest absolute Gasteiger partial charge is 0.292 e. The lowest BCUT2D eigenvalue weighted by molar-refractivity contribution is 0.509. The molecule has 0 N–H and O–H groups in total. The van der Waals surface area contributed by atoms with E-state index < -0.39 is 0 Å². The van der Waals surface area contributed by atoms with Gasteiger partial charge < -0.3 is 4.74 Å². The van der Waals surface area contributed by atoms with Crippen LogP contribution in [0, 0.1) is 11.5 Å². The summed E-state index contributed by atoms with van der Waals surface area (Å²) in [5.41, 5.74) is 4.50.